The molecular formula is C16H19N7OS2. The van der Waals surface area contributed by atoms with E-state index in [4.69, 9.17) is 9.72 Å². The van der Waals surface area contributed by atoms with Crippen molar-refractivity contribution in [1.82, 2.24) is 24.5 Å². The second-order valence-corrected chi connectivity index (χ2v) is 8.56. The highest BCUT2D eigenvalue weighted by molar-refractivity contribution is 7.16. The van der Waals surface area contributed by atoms with Gasteiger partial charge < -0.3 is 9.64 Å². The van der Waals surface area contributed by atoms with E-state index in [9.17, 15) is 0 Å². The molecule has 1 saturated heterocycles. The summed E-state index contributed by atoms with van der Waals surface area (Å²) in [6, 6.07) is 0. The number of aryl methyl sites for hydroxylation is 1. The van der Waals surface area contributed by atoms with Crippen LogP contribution in [0.25, 0.3) is 11.3 Å². The van der Waals surface area contributed by atoms with E-state index in [0.29, 0.717) is 12.1 Å². The van der Waals surface area contributed by atoms with Gasteiger partial charge in [0.15, 0.2) is 5.13 Å². The molecule has 0 aromatic carbocycles. The van der Waals surface area contributed by atoms with Gasteiger partial charge in [-0.25, -0.2) is 9.97 Å². The van der Waals surface area contributed by atoms with E-state index in [1.54, 1.807) is 11.3 Å². The molecule has 0 bridgehead atoms. The van der Waals surface area contributed by atoms with Crippen molar-refractivity contribution in [3.05, 3.63) is 16.1 Å². The Morgan fingerprint density at radius 1 is 1.42 bits per heavy atom. The Morgan fingerprint density at radius 3 is 3.19 bits per heavy atom. The lowest BCUT2D eigenvalue weighted by Gasteiger charge is -2.25. The van der Waals surface area contributed by atoms with Gasteiger partial charge in [-0.1, -0.05) is 0 Å². The lowest BCUT2D eigenvalue weighted by Crippen LogP contribution is -2.33. The van der Waals surface area contributed by atoms with E-state index in [0.717, 1.165) is 66.2 Å². The fourth-order valence-electron chi connectivity index (χ4n) is 3.49. The molecule has 0 radical (unpaired) electrons. The third-order valence-electron chi connectivity index (χ3n) is 4.69. The molecular weight excluding hydrogens is 370 g/mol. The zero-order valence-electron chi connectivity index (χ0n) is 14.4. The number of aromatic amines is 1. The van der Waals surface area contributed by atoms with Crippen LogP contribution in [-0.4, -0.2) is 50.3 Å². The summed E-state index contributed by atoms with van der Waals surface area (Å²) in [4.78, 5) is 12.8. The maximum atomic E-state index is 5.82. The Kier molecular flexibility index (Phi) is 4.10. The number of hydrogen-bond acceptors (Lipinski definition) is 9. The fourth-order valence-corrected chi connectivity index (χ4v) is 4.88. The number of hydrogen-bond donors (Lipinski definition) is 2. The first-order valence-corrected chi connectivity index (χ1v) is 10.3. The van der Waals surface area contributed by atoms with Gasteiger partial charge in [0, 0.05) is 31.0 Å². The molecule has 26 heavy (non-hydrogen) atoms. The van der Waals surface area contributed by atoms with Crippen LogP contribution in [0.1, 0.15) is 22.7 Å². The summed E-state index contributed by atoms with van der Waals surface area (Å²) < 4.78 is 10.1. The van der Waals surface area contributed by atoms with E-state index in [1.165, 1.54) is 16.4 Å². The van der Waals surface area contributed by atoms with E-state index in [-0.39, 0.29) is 0 Å². The standard InChI is InChI=1S/C16H19N7OS2/c1-9-18-15(22-26-9)20-16-19-13-11-7-17-21-14(11)23(5-4-12(13)25-16)8-10-3-2-6-24-10/h7,10H,2-6,8H2,1H3,(H,17,21)(H,19,20,22). The summed E-state index contributed by atoms with van der Waals surface area (Å²) in [5, 5.41) is 12.4. The number of fused-ring (bicyclic) bond motifs is 3. The second-order valence-electron chi connectivity index (χ2n) is 6.52. The van der Waals surface area contributed by atoms with Crippen LogP contribution in [0.15, 0.2) is 6.20 Å². The van der Waals surface area contributed by atoms with E-state index < -0.39 is 0 Å². The van der Waals surface area contributed by atoms with Gasteiger partial charge >= 0.3 is 0 Å². The van der Waals surface area contributed by atoms with Gasteiger partial charge in [0.05, 0.1) is 23.6 Å². The normalized spacial score (nSPS) is 19.3. The smallest absolute Gasteiger partial charge is 0.241 e. The molecule has 1 fully saturated rings. The first-order chi connectivity index (χ1) is 12.8. The van der Waals surface area contributed by atoms with Crippen LogP contribution in [0, 0.1) is 6.92 Å². The van der Waals surface area contributed by atoms with Crippen LogP contribution in [0.4, 0.5) is 16.9 Å². The van der Waals surface area contributed by atoms with Gasteiger partial charge in [-0.3, -0.25) is 10.4 Å². The SMILES string of the molecule is Cc1nc(Nc2nc3c(s2)CCN(CC2CCCO2)c2[nH]ncc2-3)ns1. The first kappa shape index (κ1) is 16.2. The summed E-state index contributed by atoms with van der Waals surface area (Å²) in [5.41, 5.74) is 2.06. The first-order valence-electron chi connectivity index (χ1n) is 8.73. The van der Waals surface area contributed by atoms with Crippen molar-refractivity contribution in [2.45, 2.75) is 32.3 Å². The summed E-state index contributed by atoms with van der Waals surface area (Å²) in [5.74, 6) is 1.66. The van der Waals surface area contributed by atoms with Crippen molar-refractivity contribution in [1.29, 1.82) is 0 Å². The average molecular weight is 390 g/mol. The van der Waals surface area contributed by atoms with Crippen LogP contribution in [0.3, 0.4) is 0 Å². The molecule has 2 N–H and O–H groups in total. The molecule has 136 valence electrons. The van der Waals surface area contributed by atoms with Crippen molar-refractivity contribution in [3.63, 3.8) is 0 Å². The number of H-pyrrole nitrogens is 1. The lowest BCUT2D eigenvalue weighted by atomic mass is 10.2. The number of aromatic nitrogens is 5. The number of ether oxygens (including phenoxy) is 1. The third kappa shape index (κ3) is 2.97. The van der Waals surface area contributed by atoms with Gasteiger partial charge in [0.1, 0.15) is 10.8 Å². The van der Waals surface area contributed by atoms with Crippen molar-refractivity contribution >= 4 is 39.8 Å². The number of nitrogens with zero attached hydrogens (tertiary/aromatic N) is 5. The third-order valence-corrected chi connectivity index (χ3v) is 6.34. The topological polar surface area (TPSA) is 91.8 Å². The van der Waals surface area contributed by atoms with Crippen molar-refractivity contribution in [2.75, 3.05) is 29.9 Å². The second kappa shape index (κ2) is 6.60. The maximum absolute atomic E-state index is 5.82. The molecule has 5 heterocycles. The molecule has 10 heteroatoms. The number of anilines is 3. The Labute approximate surface area is 158 Å². The largest absolute Gasteiger partial charge is 0.376 e. The maximum Gasteiger partial charge on any atom is 0.241 e. The minimum Gasteiger partial charge on any atom is -0.376 e. The van der Waals surface area contributed by atoms with Crippen LogP contribution in [-0.2, 0) is 11.2 Å². The minimum atomic E-state index is 0.312. The van der Waals surface area contributed by atoms with Crippen LogP contribution in [0.5, 0.6) is 0 Å². The minimum absolute atomic E-state index is 0.312. The number of rotatable bonds is 4. The highest BCUT2D eigenvalue weighted by Gasteiger charge is 2.28. The van der Waals surface area contributed by atoms with Crippen molar-refractivity contribution < 1.29 is 4.74 Å². The fraction of sp³-hybridized carbons (Fsp3) is 0.500. The van der Waals surface area contributed by atoms with Gasteiger partial charge in [-0.2, -0.15) is 9.47 Å². The van der Waals surface area contributed by atoms with Crippen LogP contribution in [0.2, 0.25) is 0 Å². The van der Waals surface area contributed by atoms with Gasteiger partial charge in [-0.05, 0) is 31.3 Å². The summed E-state index contributed by atoms with van der Waals surface area (Å²) in [6.45, 7) is 4.65. The zero-order chi connectivity index (χ0) is 17.5. The zero-order valence-corrected chi connectivity index (χ0v) is 16.0. The Balaban J connectivity index is 1.42. The molecule has 0 aliphatic carbocycles. The highest BCUT2D eigenvalue weighted by Crippen LogP contribution is 2.39. The summed E-state index contributed by atoms with van der Waals surface area (Å²) in [7, 11) is 0. The molecule has 0 saturated carbocycles. The Morgan fingerprint density at radius 2 is 2.38 bits per heavy atom. The van der Waals surface area contributed by atoms with E-state index in [2.05, 4.69) is 29.8 Å². The molecule has 2 aliphatic heterocycles. The molecule has 2 aliphatic rings. The summed E-state index contributed by atoms with van der Waals surface area (Å²) >= 11 is 3.05. The van der Waals surface area contributed by atoms with E-state index in [1.807, 2.05) is 13.1 Å². The van der Waals surface area contributed by atoms with Gasteiger partial charge in [-0.15, -0.1) is 11.3 Å². The predicted octanol–water partition coefficient (Wildman–Crippen LogP) is 2.98. The van der Waals surface area contributed by atoms with Crippen LogP contribution >= 0.6 is 22.9 Å². The highest BCUT2D eigenvalue weighted by atomic mass is 32.1. The monoisotopic (exact) mass is 389 g/mol. The van der Waals surface area contributed by atoms with Crippen molar-refractivity contribution in [3.8, 4) is 11.3 Å². The van der Waals surface area contributed by atoms with Crippen molar-refractivity contribution in [2.24, 2.45) is 0 Å². The molecule has 0 spiro atoms. The molecule has 1 unspecified atom stereocenters. The molecule has 0 amide bonds. The van der Waals surface area contributed by atoms with Crippen LogP contribution < -0.4 is 10.2 Å². The molecule has 1 atom stereocenters. The molecule has 3 aromatic heterocycles. The Hall–Kier alpha value is -2.04. The average Bonchev–Trinajstić information content (AvgIpc) is 3.39. The van der Waals surface area contributed by atoms with E-state index >= 15 is 0 Å². The summed E-state index contributed by atoms with van der Waals surface area (Å²) in [6.07, 6.45) is 5.42. The lowest BCUT2D eigenvalue weighted by molar-refractivity contribution is 0.115. The molecule has 5 rings (SSSR count). The molecule has 3 aromatic rings. The number of thiazole rings is 1. The number of nitrogens with one attached hydrogen (secondary N) is 2. The van der Waals surface area contributed by atoms with Gasteiger partial charge in [0.25, 0.3) is 0 Å². The van der Waals surface area contributed by atoms with Gasteiger partial charge in [0.2, 0.25) is 5.95 Å². The quantitative estimate of drug-likeness (QED) is 0.709. The predicted molar refractivity (Wildman–Crippen MR) is 103 cm³/mol. The Bertz CT molecular complexity index is 911. The molecule has 8 nitrogen and oxygen atoms in total.